The SMILES string of the molecule is CCCCCCCCCCCCCCCCCCCC(=O)N[N+](C)(C)CCCCCCCCCC. The highest BCUT2D eigenvalue weighted by Crippen LogP contribution is 2.14. The third-order valence-corrected chi connectivity index (χ3v) is 7.51. The minimum atomic E-state index is 0.232. The fraction of sp³-hybridized carbons (Fsp3) is 0.969. The molecule has 1 amide bonds. The predicted molar refractivity (Wildman–Crippen MR) is 157 cm³/mol. The number of hydrogen-bond acceptors (Lipinski definition) is 1. The van der Waals surface area contributed by atoms with E-state index in [1.165, 1.54) is 154 Å². The van der Waals surface area contributed by atoms with Gasteiger partial charge >= 0.3 is 0 Å². The molecule has 0 atom stereocenters. The van der Waals surface area contributed by atoms with Crippen molar-refractivity contribution in [2.45, 2.75) is 181 Å². The average molecular weight is 496 g/mol. The number of amides is 1. The van der Waals surface area contributed by atoms with Gasteiger partial charge in [0.05, 0.1) is 14.1 Å². The zero-order chi connectivity index (χ0) is 25.9. The minimum absolute atomic E-state index is 0.232. The summed E-state index contributed by atoms with van der Waals surface area (Å²) in [6.45, 7) is 5.61. The average Bonchev–Trinajstić information content (AvgIpc) is 2.82. The summed E-state index contributed by atoms with van der Waals surface area (Å²) in [7, 11) is 4.27. The lowest BCUT2D eigenvalue weighted by atomic mass is 10.0. The summed E-state index contributed by atoms with van der Waals surface area (Å²) in [5.74, 6) is 0.232. The number of hydrogen-bond donors (Lipinski definition) is 1. The molecule has 0 aliphatic carbocycles. The van der Waals surface area contributed by atoms with E-state index in [0.717, 1.165) is 13.0 Å². The number of carbonyl (C=O) groups is 1. The molecule has 0 saturated carbocycles. The van der Waals surface area contributed by atoms with Gasteiger partial charge in [-0.1, -0.05) is 155 Å². The Morgan fingerprint density at radius 1 is 0.457 bits per heavy atom. The van der Waals surface area contributed by atoms with Gasteiger partial charge in [-0.2, -0.15) is 0 Å². The Morgan fingerprint density at radius 3 is 1.09 bits per heavy atom. The van der Waals surface area contributed by atoms with E-state index in [9.17, 15) is 4.79 Å². The van der Waals surface area contributed by atoms with Gasteiger partial charge in [-0.25, -0.2) is 10.0 Å². The molecule has 0 saturated heterocycles. The maximum atomic E-state index is 12.3. The van der Waals surface area contributed by atoms with Gasteiger partial charge in [-0.05, 0) is 19.3 Å². The number of carbonyl (C=O) groups excluding carboxylic acids is 1. The maximum absolute atomic E-state index is 12.3. The van der Waals surface area contributed by atoms with E-state index >= 15 is 0 Å². The van der Waals surface area contributed by atoms with Crippen molar-refractivity contribution in [2.24, 2.45) is 0 Å². The van der Waals surface area contributed by atoms with E-state index < -0.39 is 0 Å². The first-order valence-electron chi connectivity index (χ1n) is 16.2. The Morgan fingerprint density at radius 2 is 0.743 bits per heavy atom. The molecule has 0 bridgehead atoms. The minimum Gasteiger partial charge on any atom is -0.270 e. The predicted octanol–water partition coefficient (Wildman–Crippen LogP) is 10.3. The van der Waals surface area contributed by atoms with Crippen LogP contribution < -0.4 is 5.43 Å². The molecular formula is C32H67N2O+. The molecule has 0 rings (SSSR count). The lowest BCUT2D eigenvalue weighted by Crippen LogP contribution is -2.54. The molecule has 0 aromatic rings. The van der Waals surface area contributed by atoms with Crippen LogP contribution >= 0.6 is 0 Å². The molecule has 3 heteroatoms. The van der Waals surface area contributed by atoms with Crippen LogP contribution in [0.4, 0.5) is 0 Å². The summed E-state index contributed by atoms with van der Waals surface area (Å²) >= 11 is 0. The Hall–Kier alpha value is -0.570. The van der Waals surface area contributed by atoms with Crippen LogP contribution in [-0.2, 0) is 4.79 Å². The number of nitrogens with zero attached hydrogens (tertiary/aromatic N) is 1. The first-order chi connectivity index (χ1) is 17.0. The second-order valence-corrected chi connectivity index (χ2v) is 11.8. The molecule has 0 radical (unpaired) electrons. The van der Waals surface area contributed by atoms with Crippen molar-refractivity contribution in [3.63, 3.8) is 0 Å². The molecule has 0 spiro atoms. The number of rotatable bonds is 28. The lowest BCUT2D eigenvalue weighted by Gasteiger charge is -2.29. The van der Waals surface area contributed by atoms with Crippen LogP contribution in [0, 0.1) is 0 Å². The molecule has 0 heterocycles. The van der Waals surface area contributed by atoms with Gasteiger partial charge in [-0.15, -0.1) is 0 Å². The first kappa shape index (κ1) is 34.4. The van der Waals surface area contributed by atoms with Crippen LogP contribution in [0.15, 0.2) is 0 Å². The van der Waals surface area contributed by atoms with Crippen molar-refractivity contribution >= 4 is 5.91 Å². The number of nitrogens with one attached hydrogen (secondary N) is 1. The topological polar surface area (TPSA) is 29.1 Å². The van der Waals surface area contributed by atoms with Crippen LogP contribution in [-0.4, -0.2) is 31.1 Å². The molecule has 0 unspecified atom stereocenters. The molecule has 0 aliphatic heterocycles. The number of unbranched alkanes of at least 4 members (excludes halogenated alkanes) is 23. The number of quaternary nitrogens is 1. The molecule has 210 valence electrons. The highest BCUT2D eigenvalue weighted by molar-refractivity contribution is 5.74. The van der Waals surface area contributed by atoms with Crippen LogP contribution in [0.5, 0.6) is 0 Å². The smallest absolute Gasteiger partial charge is 0.264 e. The van der Waals surface area contributed by atoms with Gasteiger partial charge in [0, 0.05) is 6.42 Å². The highest BCUT2D eigenvalue weighted by atomic mass is 16.2. The van der Waals surface area contributed by atoms with Crippen molar-refractivity contribution in [3.8, 4) is 0 Å². The van der Waals surface area contributed by atoms with E-state index in [2.05, 4.69) is 33.4 Å². The Labute approximate surface area is 222 Å². The van der Waals surface area contributed by atoms with Crippen molar-refractivity contribution < 1.29 is 9.39 Å². The first-order valence-corrected chi connectivity index (χ1v) is 16.2. The highest BCUT2D eigenvalue weighted by Gasteiger charge is 2.17. The Balaban J connectivity index is 3.38. The molecule has 0 aromatic heterocycles. The second kappa shape index (κ2) is 26.5. The molecule has 1 N–H and O–H groups in total. The van der Waals surface area contributed by atoms with Crippen LogP contribution in [0.1, 0.15) is 181 Å². The van der Waals surface area contributed by atoms with E-state index in [-0.39, 0.29) is 5.91 Å². The summed E-state index contributed by atoms with van der Waals surface area (Å²) in [5.41, 5.74) is 3.23. The van der Waals surface area contributed by atoms with Crippen LogP contribution in [0.2, 0.25) is 0 Å². The summed E-state index contributed by atoms with van der Waals surface area (Å²) < 4.78 is 0.633. The van der Waals surface area contributed by atoms with E-state index in [0.29, 0.717) is 11.0 Å². The van der Waals surface area contributed by atoms with Gasteiger partial charge in [0.1, 0.15) is 6.54 Å². The molecule has 0 aromatic carbocycles. The standard InChI is InChI=1S/C32H66N2O/c1-5-7-9-11-13-15-16-17-18-19-20-21-22-23-24-26-28-30-32(35)33-34(3,4)31-29-27-25-14-12-10-8-6-2/h5-31H2,1-4H3/p+1. The maximum Gasteiger partial charge on any atom is 0.264 e. The monoisotopic (exact) mass is 496 g/mol. The van der Waals surface area contributed by atoms with Gasteiger partial charge in [-0.3, -0.25) is 4.79 Å². The van der Waals surface area contributed by atoms with Gasteiger partial charge < -0.3 is 0 Å². The Bertz CT molecular complexity index is 435. The summed E-state index contributed by atoms with van der Waals surface area (Å²) in [6, 6.07) is 0. The third kappa shape index (κ3) is 27.9. The Kier molecular flexibility index (Phi) is 26.1. The van der Waals surface area contributed by atoms with Gasteiger partial charge in [0.2, 0.25) is 0 Å². The molecule has 35 heavy (non-hydrogen) atoms. The summed E-state index contributed by atoms with van der Waals surface area (Å²) in [4.78, 5) is 12.3. The van der Waals surface area contributed by atoms with Gasteiger partial charge in [0.15, 0.2) is 0 Å². The second-order valence-electron chi connectivity index (χ2n) is 11.8. The molecular weight excluding hydrogens is 428 g/mol. The molecule has 0 fully saturated rings. The van der Waals surface area contributed by atoms with E-state index in [1.54, 1.807) is 0 Å². The van der Waals surface area contributed by atoms with Crippen LogP contribution in [0.3, 0.4) is 0 Å². The summed E-state index contributed by atoms with van der Waals surface area (Å²) in [5, 5.41) is 0. The zero-order valence-corrected chi connectivity index (χ0v) is 24.9. The van der Waals surface area contributed by atoms with E-state index in [4.69, 9.17) is 0 Å². The van der Waals surface area contributed by atoms with Crippen molar-refractivity contribution in [3.05, 3.63) is 0 Å². The van der Waals surface area contributed by atoms with Crippen molar-refractivity contribution in [1.29, 1.82) is 0 Å². The van der Waals surface area contributed by atoms with Crippen molar-refractivity contribution in [1.82, 2.24) is 5.43 Å². The largest absolute Gasteiger partial charge is 0.270 e. The fourth-order valence-corrected chi connectivity index (χ4v) is 5.10. The fourth-order valence-electron chi connectivity index (χ4n) is 5.10. The molecule has 3 nitrogen and oxygen atoms in total. The van der Waals surface area contributed by atoms with Gasteiger partial charge in [0.25, 0.3) is 5.91 Å². The normalized spacial score (nSPS) is 11.8. The van der Waals surface area contributed by atoms with Crippen LogP contribution in [0.25, 0.3) is 0 Å². The summed E-state index contributed by atoms with van der Waals surface area (Å²) in [6.07, 6.45) is 34.9. The zero-order valence-electron chi connectivity index (χ0n) is 24.9. The lowest BCUT2D eigenvalue weighted by molar-refractivity contribution is -0.925. The quantitative estimate of drug-likeness (QED) is 0.0652. The van der Waals surface area contributed by atoms with E-state index in [1.807, 2.05) is 0 Å². The van der Waals surface area contributed by atoms with Crippen molar-refractivity contribution in [2.75, 3.05) is 20.6 Å². The third-order valence-electron chi connectivity index (χ3n) is 7.51. The molecule has 0 aliphatic rings.